The average Bonchev–Trinajstić information content (AvgIpc) is 2.74. The fourth-order valence-corrected chi connectivity index (χ4v) is 3.63. The minimum Gasteiger partial charge on any atom is -0.505 e. The van der Waals surface area contributed by atoms with Crippen molar-refractivity contribution in [1.82, 2.24) is 9.97 Å². The molecule has 4 nitrogen and oxygen atoms in total. The Morgan fingerprint density at radius 2 is 1.84 bits per heavy atom. The standard InChI is InChI=1S/C23H17ClF3N3O/c1-13-4-5-14-6-8-17(22(31)21(14)29-13)20(15-3-2-10-28-12-15)30-16-7-9-19(24)18(11-16)23(25,26)27/h2-12,20,30-31H,1H3. The van der Waals surface area contributed by atoms with Crippen molar-refractivity contribution in [3.8, 4) is 5.75 Å². The fraction of sp³-hybridized carbons (Fsp3) is 0.130. The van der Waals surface area contributed by atoms with Crippen LogP contribution in [-0.4, -0.2) is 15.1 Å². The van der Waals surface area contributed by atoms with E-state index in [1.54, 1.807) is 30.6 Å². The molecular formula is C23H17ClF3N3O. The van der Waals surface area contributed by atoms with Crippen molar-refractivity contribution in [2.75, 3.05) is 5.32 Å². The third-order valence-corrected chi connectivity index (χ3v) is 5.25. The van der Waals surface area contributed by atoms with Crippen LogP contribution < -0.4 is 5.32 Å². The van der Waals surface area contributed by atoms with E-state index < -0.39 is 17.8 Å². The summed E-state index contributed by atoms with van der Waals surface area (Å²) in [7, 11) is 0. The van der Waals surface area contributed by atoms with Gasteiger partial charge in [0.25, 0.3) is 0 Å². The number of aromatic nitrogens is 2. The molecule has 0 aliphatic heterocycles. The van der Waals surface area contributed by atoms with E-state index in [0.717, 1.165) is 17.1 Å². The highest BCUT2D eigenvalue weighted by atomic mass is 35.5. The molecule has 0 fully saturated rings. The molecule has 2 aromatic heterocycles. The summed E-state index contributed by atoms with van der Waals surface area (Å²) in [5.41, 5.74) is 1.53. The molecule has 31 heavy (non-hydrogen) atoms. The molecule has 1 atom stereocenters. The molecule has 4 rings (SSSR count). The maximum absolute atomic E-state index is 13.3. The molecule has 2 heterocycles. The summed E-state index contributed by atoms with van der Waals surface area (Å²) in [5.74, 6) is -0.0486. The van der Waals surface area contributed by atoms with Gasteiger partial charge in [0.2, 0.25) is 0 Å². The topological polar surface area (TPSA) is 58.0 Å². The predicted octanol–water partition coefficient (Wildman–Crippen LogP) is 6.52. The molecule has 4 aromatic rings. The fourth-order valence-electron chi connectivity index (χ4n) is 3.41. The summed E-state index contributed by atoms with van der Waals surface area (Å²) in [6, 6.07) is 13.6. The molecule has 0 saturated carbocycles. The molecular weight excluding hydrogens is 427 g/mol. The van der Waals surface area contributed by atoms with E-state index in [9.17, 15) is 18.3 Å². The predicted molar refractivity (Wildman–Crippen MR) is 114 cm³/mol. The number of phenolic OH excluding ortho intramolecular Hbond substituents is 1. The molecule has 0 aliphatic carbocycles. The van der Waals surface area contributed by atoms with Crippen molar-refractivity contribution in [2.45, 2.75) is 19.1 Å². The number of alkyl halides is 3. The van der Waals surface area contributed by atoms with E-state index in [2.05, 4.69) is 15.3 Å². The normalized spacial score (nSPS) is 12.7. The van der Waals surface area contributed by atoms with Crippen molar-refractivity contribution in [3.63, 3.8) is 0 Å². The summed E-state index contributed by atoms with van der Waals surface area (Å²) in [4.78, 5) is 8.53. The number of halogens is 4. The molecule has 0 spiro atoms. The van der Waals surface area contributed by atoms with Crippen LogP contribution >= 0.6 is 11.6 Å². The number of rotatable bonds is 4. The van der Waals surface area contributed by atoms with Gasteiger partial charge in [-0.1, -0.05) is 35.9 Å². The van der Waals surface area contributed by atoms with Gasteiger partial charge >= 0.3 is 6.18 Å². The highest BCUT2D eigenvalue weighted by molar-refractivity contribution is 6.31. The van der Waals surface area contributed by atoms with E-state index >= 15 is 0 Å². The summed E-state index contributed by atoms with van der Waals surface area (Å²) in [6.07, 6.45) is -1.41. The lowest BCUT2D eigenvalue weighted by atomic mass is 9.96. The van der Waals surface area contributed by atoms with Crippen molar-refractivity contribution in [1.29, 1.82) is 0 Å². The number of aryl methyl sites for hydroxylation is 1. The molecule has 158 valence electrons. The first-order chi connectivity index (χ1) is 14.7. The molecule has 8 heteroatoms. The number of hydrogen-bond donors (Lipinski definition) is 2. The summed E-state index contributed by atoms with van der Waals surface area (Å²) in [6.45, 7) is 1.81. The maximum atomic E-state index is 13.3. The van der Waals surface area contributed by atoms with E-state index in [1.807, 2.05) is 25.1 Å². The molecule has 0 bridgehead atoms. The zero-order valence-electron chi connectivity index (χ0n) is 16.3. The van der Waals surface area contributed by atoms with Crippen LogP contribution in [0.4, 0.5) is 18.9 Å². The van der Waals surface area contributed by atoms with Gasteiger partial charge in [0, 0.05) is 34.7 Å². The first-order valence-electron chi connectivity index (χ1n) is 9.36. The van der Waals surface area contributed by atoms with Crippen LogP contribution in [0.15, 0.2) is 67.0 Å². The average molecular weight is 444 g/mol. The zero-order valence-corrected chi connectivity index (χ0v) is 17.0. The Morgan fingerprint density at radius 1 is 1.06 bits per heavy atom. The second-order valence-electron chi connectivity index (χ2n) is 7.08. The number of fused-ring (bicyclic) bond motifs is 1. The molecule has 0 radical (unpaired) electrons. The number of anilines is 1. The van der Waals surface area contributed by atoms with E-state index in [1.165, 1.54) is 12.1 Å². The number of nitrogens with one attached hydrogen (secondary N) is 1. The Hall–Kier alpha value is -3.32. The van der Waals surface area contributed by atoms with Crippen LogP contribution in [0.1, 0.15) is 28.4 Å². The third kappa shape index (κ3) is 4.27. The zero-order chi connectivity index (χ0) is 22.2. The summed E-state index contributed by atoms with van der Waals surface area (Å²) >= 11 is 5.75. The van der Waals surface area contributed by atoms with Gasteiger partial charge in [-0.25, -0.2) is 4.98 Å². The van der Waals surface area contributed by atoms with Crippen LogP contribution in [0.5, 0.6) is 5.75 Å². The van der Waals surface area contributed by atoms with Gasteiger partial charge in [0.1, 0.15) is 11.3 Å². The molecule has 2 N–H and O–H groups in total. The monoisotopic (exact) mass is 443 g/mol. The van der Waals surface area contributed by atoms with Crippen LogP contribution in [-0.2, 0) is 6.18 Å². The highest BCUT2D eigenvalue weighted by Crippen LogP contribution is 2.39. The van der Waals surface area contributed by atoms with E-state index in [4.69, 9.17) is 11.6 Å². The van der Waals surface area contributed by atoms with Gasteiger partial charge in [-0.15, -0.1) is 0 Å². The van der Waals surface area contributed by atoms with E-state index in [-0.39, 0.29) is 16.5 Å². The maximum Gasteiger partial charge on any atom is 0.417 e. The molecule has 2 aromatic carbocycles. The third-order valence-electron chi connectivity index (χ3n) is 4.92. The minimum atomic E-state index is -4.59. The van der Waals surface area contributed by atoms with Crippen molar-refractivity contribution in [3.05, 3.63) is 94.4 Å². The van der Waals surface area contributed by atoms with Crippen molar-refractivity contribution in [2.24, 2.45) is 0 Å². The Bertz CT molecular complexity index is 1250. The second kappa shape index (κ2) is 8.07. The number of nitrogens with zero attached hydrogens (tertiary/aromatic N) is 2. The van der Waals surface area contributed by atoms with Crippen LogP contribution in [0.25, 0.3) is 10.9 Å². The lowest BCUT2D eigenvalue weighted by Crippen LogP contribution is -2.14. The number of aromatic hydroxyl groups is 1. The number of pyridine rings is 2. The Balaban J connectivity index is 1.84. The number of hydrogen-bond acceptors (Lipinski definition) is 4. The van der Waals surface area contributed by atoms with Crippen LogP contribution in [0.2, 0.25) is 5.02 Å². The van der Waals surface area contributed by atoms with Crippen LogP contribution in [0.3, 0.4) is 0 Å². The van der Waals surface area contributed by atoms with Gasteiger partial charge in [0.15, 0.2) is 0 Å². The number of phenols is 1. The second-order valence-corrected chi connectivity index (χ2v) is 7.49. The van der Waals surface area contributed by atoms with E-state index in [0.29, 0.717) is 16.6 Å². The molecule has 0 saturated heterocycles. The Labute approximate surface area is 181 Å². The molecule has 0 amide bonds. The smallest absolute Gasteiger partial charge is 0.417 e. The summed E-state index contributed by atoms with van der Waals surface area (Å²) < 4.78 is 40.0. The Kier molecular flexibility index (Phi) is 5.45. The first kappa shape index (κ1) is 20.9. The van der Waals surface area contributed by atoms with Gasteiger partial charge < -0.3 is 10.4 Å². The van der Waals surface area contributed by atoms with Gasteiger partial charge in [0.05, 0.1) is 16.6 Å². The SMILES string of the molecule is Cc1ccc2ccc(C(Nc3ccc(Cl)c(C(F)(F)F)c3)c3cccnc3)c(O)c2n1. The summed E-state index contributed by atoms with van der Waals surface area (Å²) in [5, 5.41) is 14.4. The van der Waals surface area contributed by atoms with Gasteiger partial charge in [-0.3, -0.25) is 4.98 Å². The highest BCUT2D eigenvalue weighted by Gasteiger charge is 2.33. The lowest BCUT2D eigenvalue weighted by molar-refractivity contribution is -0.137. The Morgan fingerprint density at radius 3 is 2.55 bits per heavy atom. The van der Waals surface area contributed by atoms with Gasteiger partial charge in [-0.05, 0) is 42.8 Å². The quantitative estimate of drug-likeness (QED) is 0.377. The number of benzene rings is 2. The van der Waals surface area contributed by atoms with Crippen molar-refractivity contribution >= 4 is 28.2 Å². The van der Waals surface area contributed by atoms with Crippen molar-refractivity contribution < 1.29 is 18.3 Å². The molecule has 1 unspecified atom stereocenters. The minimum absolute atomic E-state index is 0.0486. The lowest BCUT2D eigenvalue weighted by Gasteiger charge is -2.23. The first-order valence-corrected chi connectivity index (χ1v) is 9.74. The van der Waals surface area contributed by atoms with Gasteiger partial charge in [-0.2, -0.15) is 13.2 Å². The molecule has 0 aliphatic rings. The largest absolute Gasteiger partial charge is 0.505 e. The van der Waals surface area contributed by atoms with Crippen LogP contribution in [0, 0.1) is 6.92 Å².